The number of carbonyl (C=O) groups excluding carboxylic acids is 2. The average Bonchev–Trinajstić information content (AvgIpc) is 3.32. The van der Waals surface area contributed by atoms with Crippen LogP contribution in [0.25, 0.3) is 0 Å². The van der Waals surface area contributed by atoms with Crippen LogP contribution in [0, 0.1) is 6.92 Å². The van der Waals surface area contributed by atoms with Crippen LogP contribution in [-0.2, 0) is 4.79 Å². The highest BCUT2D eigenvalue weighted by Gasteiger charge is 2.36. The molecule has 186 valence electrons. The molecule has 0 aliphatic carbocycles. The Bertz CT molecular complexity index is 1510. The van der Waals surface area contributed by atoms with Gasteiger partial charge in [0, 0.05) is 22.6 Å². The van der Waals surface area contributed by atoms with Crippen LogP contribution in [0.15, 0.2) is 96.3 Å². The third-order valence-electron chi connectivity index (χ3n) is 6.25. The van der Waals surface area contributed by atoms with Crippen LogP contribution in [0.2, 0.25) is 0 Å². The van der Waals surface area contributed by atoms with Crippen molar-refractivity contribution >= 4 is 29.0 Å². The molecule has 1 unspecified atom stereocenters. The first-order valence-electron chi connectivity index (χ1n) is 11.9. The minimum Gasteiger partial charge on any atom is -0.496 e. The van der Waals surface area contributed by atoms with E-state index in [1.54, 1.807) is 11.8 Å². The Labute approximate surface area is 215 Å². The Kier molecular flexibility index (Phi) is 6.47. The summed E-state index contributed by atoms with van der Waals surface area (Å²) >= 11 is 0. The number of hydrogen-bond acceptors (Lipinski definition) is 5. The number of rotatable bonds is 6. The van der Waals surface area contributed by atoms with Gasteiger partial charge in [0.1, 0.15) is 23.2 Å². The highest BCUT2D eigenvalue weighted by Crippen LogP contribution is 2.41. The Hall–Kier alpha value is -4.85. The number of benzene rings is 3. The molecular formula is C29H27N5O3. The second-order valence-electron chi connectivity index (χ2n) is 8.80. The third-order valence-corrected chi connectivity index (χ3v) is 6.25. The van der Waals surface area contributed by atoms with Gasteiger partial charge in [-0.15, -0.1) is 0 Å². The predicted molar refractivity (Wildman–Crippen MR) is 144 cm³/mol. The van der Waals surface area contributed by atoms with E-state index in [2.05, 4.69) is 21.0 Å². The fourth-order valence-corrected chi connectivity index (χ4v) is 4.54. The molecule has 8 nitrogen and oxygen atoms in total. The average molecular weight is 494 g/mol. The monoisotopic (exact) mass is 493 g/mol. The number of anilines is 3. The number of nitrogens with one attached hydrogen (secondary N) is 3. The summed E-state index contributed by atoms with van der Waals surface area (Å²) in [5, 5.41) is 13.7. The lowest BCUT2D eigenvalue weighted by molar-refractivity contribution is -0.113. The van der Waals surface area contributed by atoms with E-state index in [1.807, 2.05) is 92.7 Å². The molecule has 2 amide bonds. The zero-order valence-corrected chi connectivity index (χ0v) is 20.8. The van der Waals surface area contributed by atoms with Gasteiger partial charge in [-0.25, -0.2) is 4.68 Å². The lowest BCUT2D eigenvalue weighted by Crippen LogP contribution is -2.32. The van der Waals surface area contributed by atoms with Crippen LogP contribution in [0.1, 0.15) is 34.5 Å². The SMILES string of the molecule is COc1ccccc1C1C(C(=O)Nc2ccccc2)=C(C)Nc2c(C(=O)Nc3cccc(C)c3)cnn21. The quantitative estimate of drug-likeness (QED) is 0.335. The number of nitrogens with zero attached hydrogens (tertiary/aromatic N) is 2. The number of ether oxygens (including phenoxy) is 1. The van der Waals surface area contributed by atoms with Gasteiger partial charge in [0.25, 0.3) is 11.8 Å². The smallest absolute Gasteiger partial charge is 0.261 e. The molecule has 0 saturated heterocycles. The van der Waals surface area contributed by atoms with Gasteiger partial charge in [0.05, 0.1) is 18.9 Å². The summed E-state index contributed by atoms with van der Waals surface area (Å²) in [4.78, 5) is 26.9. The Morgan fingerprint density at radius 3 is 2.35 bits per heavy atom. The maximum atomic E-state index is 13.6. The van der Waals surface area contributed by atoms with Crippen molar-refractivity contribution in [3.05, 3.63) is 113 Å². The highest BCUT2D eigenvalue weighted by atomic mass is 16.5. The van der Waals surface area contributed by atoms with Crippen LogP contribution in [-0.4, -0.2) is 28.7 Å². The van der Waals surface area contributed by atoms with Gasteiger partial charge < -0.3 is 20.7 Å². The maximum absolute atomic E-state index is 13.6. The summed E-state index contributed by atoms with van der Waals surface area (Å²) in [5.74, 6) is 0.524. The van der Waals surface area contributed by atoms with Gasteiger partial charge in [-0.2, -0.15) is 5.10 Å². The van der Waals surface area contributed by atoms with Crippen LogP contribution < -0.4 is 20.7 Å². The van der Waals surface area contributed by atoms with Gasteiger partial charge in [-0.3, -0.25) is 9.59 Å². The standard InChI is InChI=1S/C29H27N5O3/c1-18-10-9-13-21(16-18)33-28(35)23-17-30-34-26(22-14-7-8-15-24(22)37-3)25(19(2)31-27(23)34)29(36)32-20-11-5-4-6-12-20/h4-17,26,31H,1-3H3,(H,32,36)(H,33,35). The van der Waals surface area contributed by atoms with Gasteiger partial charge >= 0.3 is 0 Å². The summed E-state index contributed by atoms with van der Waals surface area (Å²) in [6, 6.07) is 23.7. The van der Waals surface area contributed by atoms with Crippen molar-refractivity contribution < 1.29 is 14.3 Å². The van der Waals surface area contributed by atoms with Crippen molar-refractivity contribution in [3.63, 3.8) is 0 Å². The minimum absolute atomic E-state index is 0.279. The molecule has 0 saturated carbocycles. The second-order valence-corrected chi connectivity index (χ2v) is 8.80. The zero-order valence-electron chi connectivity index (χ0n) is 20.8. The lowest BCUT2D eigenvalue weighted by atomic mass is 9.93. The van der Waals surface area contributed by atoms with Crippen LogP contribution >= 0.6 is 0 Å². The van der Waals surface area contributed by atoms with Crippen LogP contribution in [0.3, 0.4) is 0 Å². The van der Waals surface area contributed by atoms with Gasteiger partial charge in [-0.05, 0) is 49.7 Å². The minimum atomic E-state index is -0.628. The highest BCUT2D eigenvalue weighted by molar-refractivity contribution is 6.09. The van der Waals surface area contributed by atoms with E-state index in [0.29, 0.717) is 39.8 Å². The molecule has 0 bridgehead atoms. The molecule has 37 heavy (non-hydrogen) atoms. The van der Waals surface area contributed by atoms with Crippen molar-refractivity contribution in [2.45, 2.75) is 19.9 Å². The number of amides is 2. The Morgan fingerprint density at radius 1 is 0.892 bits per heavy atom. The zero-order chi connectivity index (χ0) is 25.9. The van der Waals surface area contributed by atoms with Crippen molar-refractivity contribution in [3.8, 4) is 5.75 Å². The fraction of sp³-hybridized carbons (Fsp3) is 0.138. The molecule has 5 rings (SSSR count). The number of methoxy groups -OCH3 is 1. The third kappa shape index (κ3) is 4.69. The predicted octanol–water partition coefficient (Wildman–Crippen LogP) is 5.38. The first-order valence-corrected chi connectivity index (χ1v) is 11.9. The lowest BCUT2D eigenvalue weighted by Gasteiger charge is -2.31. The Morgan fingerprint density at radius 2 is 1.59 bits per heavy atom. The molecule has 0 fully saturated rings. The summed E-state index contributed by atoms with van der Waals surface area (Å²) in [6.45, 7) is 3.79. The normalized spacial score (nSPS) is 14.4. The maximum Gasteiger partial charge on any atom is 0.261 e. The van der Waals surface area contributed by atoms with Crippen LogP contribution in [0.5, 0.6) is 5.75 Å². The summed E-state index contributed by atoms with van der Waals surface area (Å²) < 4.78 is 7.31. The molecule has 4 aromatic rings. The molecule has 2 heterocycles. The van der Waals surface area contributed by atoms with E-state index in [-0.39, 0.29) is 11.8 Å². The van der Waals surface area contributed by atoms with E-state index >= 15 is 0 Å². The number of hydrogen-bond donors (Lipinski definition) is 3. The first kappa shape index (κ1) is 23.9. The molecule has 0 spiro atoms. The van der Waals surface area contributed by atoms with E-state index in [9.17, 15) is 9.59 Å². The number of fused-ring (bicyclic) bond motifs is 1. The number of aromatic nitrogens is 2. The number of carbonyl (C=O) groups is 2. The molecular weight excluding hydrogens is 466 g/mol. The summed E-state index contributed by atoms with van der Waals surface area (Å²) in [7, 11) is 1.59. The van der Waals surface area contributed by atoms with E-state index in [4.69, 9.17) is 4.74 Å². The molecule has 1 aliphatic rings. The fourth-order valence-electron chi connectivity index (χ4n) is 4.54. The summed E-state index contributed by atoms with van der Waals surface area (Å²) in [5.41, 5.74) is 4.60. The van der Waals surface area contributed by atoms with Crippen LogP contribution in [0.4, 0.5) is 17.2 Å². The molecule has 3 N–H and O–H groups in total. The number of aryl methyl sites for hydroxylation is 1. The number of para-hydroxylation sites is 2. The van der Waals surface area contributed by atoms with Gasteiger partial charge in [-0.1, -0.05) is 48.5 Å². The van der Waals surface area contributed by atoms with Crippen molar-refractivity contribution in [1.29, 1.82) is 0 Å². The van der Waals surface area contributed by atoms with Crippen molar-refractivity contribution in [2.24, 2.45) is 0 Å². The first-order chi connectivity index (χ1) is 18.0. The summed E-state index contributed by atoms with van der Waals surface area (Å²) in [6.07, 6.45) is 1.52. The van der Waals surface area contributed by atoms with Gasteiger partial charge in [0.2, 0.25) is 0 Å². The van der Waals surface area contributed by atoms with E-state index < -0.39 is 6.04 Å². The molecule has 3 aromatic carbocycles. The second kappa shape index (κ2) is 10.0. The van der Waals surface area contributed by atoms with Crippen molar-refractivity contribution in [2.75, 3.05) is 23.1 Å². The molecule has 1 aromatic heterocycles. The van der Waals surface area contributed by atoms with E-state index in [0.717, 1.165) is 11.1 Å². The van der Waals surface area contributed by atoms with E-state index in [1.165, 1.54) is 6.20 Å². The van der Waals surface area contributed by atoms with Crippen molar-refractivity contribution in [1.82, 2.24) is 9.78 Å². The molecule has 8 heteroatoms. The molecule has 1 atom stereocenters. The molecule has 1 aliphatic heterocycles. The number of allylic oxidation sites excluding steroid dienone is 1. The largest absolute Gasteiger partial charge is 0.496 e. The molecule has 0 radical (unpaired) electrons. The topological polar surface area (TPSA) is 97.3 Å². The Balaban J connectivity index is 1.57. The van der Waals surface area contributed by atoms with Gasteiger partial charge in [0.15, 0.2) is 0 Å².